The van der Waals surface area contributed by atoms with E-state index in [4.69, 9.17) is 4.74 Å². The van der Waals surface area contributed by atoms with Gasteiger partial charge in [0.25, 0.3) is 0 Å². The standard InChI is InChI=1S/C21H27FN2O3S/c1-4-20(25)23(10-11-27-3)15-21(26)24(14-19-16(2)9-12-28-19)13-17-5-7-18(22)8-6-17/h5-9,12H,4,10-11,13-15H2,1-3H3. The number of carbonyl (C=O) groups excluding carboxylic acids is 2. The number of carbonyl (C=O) groups is 2. The Morgan fingerprint density at radius 2 is 1.79 bits per heavy atom. The Bertz CT molecular complexity index is 776. The number of rotatable bonds is 10. The summed E-state index contributed by atoms with van der Waals surface area (Å²) in [6.07, 6.45) is 0.332. The van der Waals surface area contributed by atoms with Gasteiger partial charge in [-0.3, -0.25) is 9.59 Å². The largest absolute Gasteiger partial charge is 0.383 e. The van der Waals surface area contributed by atoms with Gasteiger partial charge >= 0.3 is 0 Å². The molecule has 0 aliphatic carbocycles. The van der Waals surface area contributed by atoms with E-state index >= 15 is 0 Å². The van der Waals surface area contributed by atoms with Crippen molar-refractivity contribution in [1.82, 2.24) is 9.80 Å². The van der Waals surface area contributed by atoms with Gasteiger partial charge in [-0.05, 0) is 41.6 Å². The minimum atomic E-state index is -0.310. The van der Waals surface area contributed by atoms with Crippen molar-refractivity contribution >= 4 is 23.2 Å². The Morgan fingerprint density at radius 3 is 2.36 bits per heavy atom. The first-order chi connectivity index (χ1) is 13.4. The lowest BCUT2D eigenvalue weighted by Crippen LogP contribution is -2.43. The molecule has 0 saturated carbocycles. The molecule has 0 aliphatic rings. The first-order valence-corrected chi connectivity index (χ1v) is 10.1. The molecule has 2 amide bonds. The predicted molar refractivity (Wildman–Crippen MR) is 108 cm³/mol. The first kappa shape index (κ1) is 22.0. The predicted octanol–water partition coefficient (Wildman–Crippen LogP) is 3.61. The maximum absolute atomic E-state index is 13.2. The van der Waals surface area contributed by atoms with E-state index in [9.17, 15) is 14.0 Å². The zero-order valence-electron chi connectivity index (χ0n) is 16.6. The molecule has 1 aromatic carbocycles. The molecule has 0 N–H and O–H groups in total. The van der Waals surface area contributed by atoms with Crippen molar-refractivity contribution in [2.45, 2.75) is 33.4 Å². The number of nitrogens with zero attached hydrogens (tertiary/aromatic N) is 2. The van der Waals surface area contributed by atoms with Crippen LogP contribution in [0.4, 0.5) is 4.39 Å². The molecule has 7 heteroatoms. The average Bonchev–Trinajstić information content (AvgIpc) is 3.10. The topological polar surface area (TPSA) is 49.9 Å². The maximum atomic E-state index is 13.2. The number of benzene rings is 1. The second-order valence-electron chi connectivity index (χ2n) is 6.56. The molecule has 0 bridgehead atoms. The highest BCUT2D eigenvalue weighted by Gasteiger charge is 2.21. The van der Waals surface area contributed by atoms with Crippen LogP contribution in [0.1, 0.15) is 29.3 Å². The summed E-state index contributed by atoms with van der Waals surface area (Å²) in [6, 6.07) is 8.15. The molecule has 2 rings (SSSR count). The van der Waals surface area contributed by atoms with Gasteiger partial charge in [0.15, 0.2) is 0 Å². The molecule has 0 unspecified atom stereocenters. The summed E-state index contributed by atoms with van der Waals surface area (Å²) < 4.78 is 18.3. The molecular formula is C21H27FN2O3S. The van der Waals surface area contributed by atoms with E-state index in [-0.39, 0.29) is 24.2 Å². The fourth-order valence-electron chi connectivity index (χ4n) is 2.76. The lowest BCUT2D eigenvalue weighted by molar-refractivity contribution is -0.141. The lowest BCUT2D eigenvalue weighted by Gasteiger charge is -2.27. The Labute approximate surface area is 169 Å². The number of amides is 2. The second kappa shape index (κ2) is 10.9. The minimum Gasteiger partial charge on any atom is -0.383 e. The lowest BCUT2D eigenvalue weighted by atomic mass is 10.2. The van der Waals surface area contributed by atoms with E-state index in [1.54, 1.807) is 42.4 Å². The Kier molecular flexibility index (Phi) is 8.60. The van der Waals surface area contributed by atoms with Crippen LogP contribution in [0.2, 0.25) is 0 Å². The monoisotopic (exact) mass is 406 g/mol. The maximum Gasteiger partial charge on any atom is 0.242 e. The smallest absolute Gasteiger partial charge is 0.242 e. The molecule has 5 nitrogen and oxygen atoms in total. The quantitative estimate of drug-likeness (QED) is 0.606. The molecular weight excluding hydrogens is 379 g/mol. The van der Waals surface area contributed by atoms with Crippen LogP contribution in [0.15, 0.2) is 35.7 Å². The summed E-state index contributed by atoms with van der Waals surface area (Å²) >= 11 is 1.60. The number of aryl methyl sites for hydroxylation is 1. The molecule has 0 atom stereocenters. The van der Waals surface area contributed by atoms with E-state index in [0.29, 0.717) is 32.7 Å². The molecule has 1 heterocycles. The highest BCUT2D eigenvalue weighted by Crippen LogP contribution is 2.20. The van der Waals surface area contributed by atoms with Crippen molar-refractivity contribution in [1.29, 1.82) is 0 Å². The molecule has 152 valence electrons. The van der Waals surface area contributed by atoms with E-state index < -0.39 is 0 Å². The van der Waals surface area contributed by atoms with Crippen molar-refractivity contribution in [3.8, 4) is 0 Å². The molecule has 0 fully saturated rings. The van der Waals surface area contributed by atoms with Crippen molar-refractivity contribution in [3.63, 3.8) is 0 Å². The first-order valence-electron chi connectivity index (χ1n) is 9.26. The Hall–Kier alpha value is -2.25. The summed E-state index contributed by atoms with van der Waals surface area (Å²) in [4.78, 5) is 29.6. The average molecular weight is 407 g/mol. The molecule has 0 saturated heterocycles. The third kappa shape index (κ3) is 6.42. The summed E-state index contributed by atoms with van der Waals surface area (Å²) in [7, 11) is 1.57. The van der Waals surface area contributed by atoms with Crippen LogP contribution in [-0.4, -0.2) is 48.4 Å². The van der Waals surface area contributed by atoms with Gasteiger partial charge in [0, 0.05) is 31.5 Å². The number of thiophene rings is 1. The van der Waals surface area contributed by atoms with Gasteiger partial charge in [-0.15, -0.1) is 11.3 Å². The van der Waals surface area contributed by atoms with Crippen LogP contribution in [0.25, 0.3) is 0 Å². The number of hydrogen-bond acceptors (Lipinski definition) is 4. The minimum absolute atomic E-state index is 0.00164. The van der Waals surface area contributed by atoms with Gasteiger partial charge < -0.3 is 14.5 Å². The molecule has 0 radical (unpaired) electrons. The molecule has 0 spiro atoms. The number of ether oxygens (including phenoxy) is 1. The van der Waals surface area contributed by atoms with Crippen LogP contribution in [0.5, 0.6) is 0 Å². The number of hydrogen-bond donors (Lipinski definition) is 0. The fourth-order valence-corrected chi connectivity index (χ4v) is 3.68. The zero-order chi connectivity index (χ0) is 20.5. The van der Waals surface area contributed by atoms with E-state index in [1.165, 1.54) is 17.0 Å². The van der Waals surface area contributed by atoms with Crippen LogP contribution >= 0.6 is 11.3 Å². The third-order valence-electron chi connectivity index (χ3n) is 4.49. The summed E-state index contributed by atoms with van der Waals surface area (Å²) in [6.45, 7) is 5.35. The van der Waals surface area contributed by atoms with Crippen LogP contribution in [0.3, 0.4) is 0 Å². The van der Waals surface area contributed by atoms with E-state index in [1.807, 2.05) is 18.4 Å². The van der Waals surface area contributed by atoms with Gasteiger partial charge in [0.2, 0.25) is 11.8 Å². The molecule has 1 aromatic heterocycles. The fraction of sp³-hybridized carbons (Fsp3) is 0.429. The van der Waals surface area contributed by atoms with Gasteiger partial charge in [-0.25, -0.2) is 4.39 Å². The van der Waals surface area contributed by atoms with Crippen molar-refractivity contribution < 1.29 is 18.7 Å². The Balaban J connectivity index is 2.17. The van der Waals surface area contributed by atoms with E-state index in [0.717, 1.165) is 16.0 Å². The Morgan fingerprint density at radius 1 is 1.07 bits per heavy atom. The molecule has 28 heavy (non-hydrogen) atoms. The van der Waals surface area contributed by atoms with Gasteiger partial charge in [0.1, 0.15) is 5.82 Å². The molecule has 2 aromatic rings. The van der Waals surface area contributed by atoms with Crippen molar-refractivity contribution in [3.05, 3.63) is 57.5 Å². The van der Waals surface area contributed by atoms with Crippen LogP contribution in [0, 0.1) is 12.7 Å². The number of methoxy groups -OCH3 is 1. The SMILES string of the molecule is CCC(=O)N(CCOC)CC(=O)N(Cc1ccc(F)cc1)Cc1sccc1C. The third-order valence-corrected chi connectivity index (χ3v) is 5.50. The van der Waals surface area contributed by atoms with Crippen LogP contribution < -0.4 is 0 Å². The number of halogens is 1. The van der Waals surface area contributed by atoms with Gasteiger partial charge in [0.05, 0.1) is 19.7 Å². The highest BCUT2D eigenvalue weighted by atomic mass is 32.1. The summed E-state index contributed by atoms with van der Waals surface area (Å²) in [5.41, 5.74) is 1.97. The van der Waals surface area contributed by atoms with E-state index in [2.05, 4.69) is 0 Å². The highest BCUT2D eigenvalue weighted by molar-refractivity contribution is 7.10. The summed E-state index contributed by atoms with van der Waals surface area (Å²) in [5, 5.41) is 2.00. The summed E-state index contributed by atoms with van der Waals surface area (Å²) in [5.74, 6) is -0.538. The molecule has 0 aliphatic heterocycles. The van der Waals surface area contributed by atoms with Gasteiger partial charge in [-0.1, -0.05) is 19.1 Å². The van der Waals surface area contributed by atoms with Crippen LogP contribution in [-0.2, 0) is 27.4 Å². The van der Waals surface area contributed by atoms with Crippen molar-refractivity contribution in [2.75, 3.05) is 26.8 Å². The normalized spacial score (nSPS) is 10.7. The zero-order valence-corrected chi connectivity index (χ0v) is 17.4. The van der Waals surface area contributed by atoms with Gasteiger partial charge in [-0.2, -0.15) is 0 Å². The van der Waals surface area contributed by atoms with Crippen molar-refractivity contribution in [2.24, 2.45) is 0 Å². The second-order valence-corrected chi connectivity index (χ2v) is 7.57.